The van der Waals surface area contributed by atoms with Crippen molar-refractivity contribution < 1.29 is 4.79 Å². The predicted molar refractivity (Wildman–Crippen MR) is 64.8 cm³/mol. The van der Waals surface area contributed by atoms with Crippen LogP contribution in [0, 0.1) is 0 Å². The molecule has 0 spiro atoms. The van der Waals surface area contributed by atoms with Crippen LogP contribution in [0.25, 0.3) is 0 Å². The van der Waals surface area contributed by atoms with Crippen molar-refractivity contribution in [1.82, 2.24) is 0 Å². The summed E-state index contributed by atoms with van der Waals surface area (Å²) in [6.07, 6.45) is 3.95. The molecule has 0 bridgehead atoms. The number of fused-ring (bicyclic) bond motifs is 1. The highest BCUT2D eigenvalue weighted by Crippen LogP contribution is 2.29. The number of anilines is 2. The Kier molecular flexibility index (Phi) is 2.31. The van der Waals surface area contributed by atoms with Gasteiger partial charge in [-0.25, -0.2) is 0 Å². The molecule has 1 aromatic rings. The Labute approximate surface area is 95.4 Å². The van der Waals surface area contributed by atoms with E-state index in [9.17, 15) is 4.79 Å². The van der Waals surface area contributed by atoms with Crippen molar-refractivity contribution in [2.45, 2.75) is 25.7 Å². The van der Waals surface area contributed by atoms with Crippen LogP contribution in [0.3, 0.4) is 0 Å². The molecule has 1 N–H and O–H groups in total. The Hall–Kier alpha value is -1.51. The van der Waals surface area contributed by atoms with E-state index in [1.807, 2.05) is 4.90 Å². The van der Waals surface area contributed by atoms with Crippen molar-refractivity contribution in [3.63, 3.8) is 0 Å². The number of hydrogen-bond donors (Lipinski definition) is 1. The average molecular weight is 216 g/mol. The van der Waals surface area contributed by atoms with E-state index in [4.69, 9.17) is 0 Å². The highest BCUT2D eigenvalue weighted by atomic mass is 16.2. The van der Waals surface area contributed by atoms with Crippen molar-refractivity contribution in [2.24, 2.45) is 0 Å². The Bertz CT molecular complexity index is 428. The molecule has 0 unspecified atom stereocenters. The fourth-order valence-corrected chi connectivity index (χ4v) is 2.54. The van der Waals surface area contributed by atoms with Gasteiger partial charge in [0.2, 0.25) is 5.91 Å². The lowest BCUT2D eigenvalue weighted by Gasteiger charge is -2.27. The first-order valence-corrected chi connectivity index (χ1v) is 6.02. The van der Waals surface area contributed by atoms with Gasteiger partial charge in [-0.2, -0.15) is 0 Å². The summed E-state index contributed by atoms with van der Waals surface area (Å²) >= 11 is 0. The van der Waals surface area contributed by atoms with E-state index >= 15 is 0 Å². The Morgan fingerprint density at radius 3 is 3.00 bits per heavy atom. The van der Waals surface area contributed by atoms with E-state index in [0.29, 0.717) is 6.42 Å². The maximum Gasteiger partial charge on any atom is 0.226 e. The summed E-state index contributed by atoms with van der Waals surface area (Å²) in [6, 6.07) is 6.32. The summed E-state index contributed by atoms with van der Waals surface area (Å²) in [6.45, 7) is 1.90. The first-order chi connectivity index (χ1) is 7.84. The van der Waals surface area contributed by atoms with Crippen LogP contribution >= 0.6 is 0 Å². The van der Waals surface area contributed by atoms with Crippen LogP contribution in [0.2, 0.25) is 0 Å². The molecule has 16 heavy (non-hydrogen) atoms. The molecule has 1 saturated heterocycles. The summed E-state index contributed by atoms with van der Waals surface area (Å²) in [5, 5.41) is 3.34. The van der Waals surface area contributed by atoms with Crippen molar-refractivity contribution in [2.75, 3.05) is 23.3 Å². The molecule has 84 valence electrons. The molecule has 3 rings (SSSR count). The molecule has 3 nitrogen and oxygen atoms in total. The lowest BCUT2D eigenvalue weighted by Crippen LogP contribution is -2.35. The zero-order valence-electron chi connectivity index (χ0n) is 9.33. The zero-order valence-corrected chi connectivity index (χ0v) is 9.33. The number of hydrogen-bond acceptors (Lipinski definition) is 2. The molecule has 3 heteroatoms. The van der Waals surface area contributed by atoms with Gasteiger partial charge in [0.25, 0.3) is 0 Å². The molecule has 0 saturated carbocycles. The van der Waals surface area contributed by atoms with E-state index in [0.717, 1.165) is 38.0 Å². The van der Waals surface area contributed by atoms with Gasteiger partial charge in [0.15, 0.2) is 0 Å². The van der Waals surface area contributed by atoms with Gasteiger partial charge in [0.05, 0.1) is 0 Å². The number of benzene rings is 1. The number of carbonyl (C=O) groups is 1. The number of piperidine rings is 1. The van der Waals surface area contributed by atoms with Gasteiger partial charge in [-0.3, -0.25) is 4.79 Å². The van der Waals surface area contributed by atoms with Crippen molar-refractivity contribution in [1.29, 1.82) is 0 Å². The SMILES string of the molecule is O=C1CCCCN1c1ccc2c(c1)CCN2. The minimum Gasteiger partial charge on any atom is -0.384 e. The smallest absolute Gasteiger partial charge is 0.226 e. The monoisotopic (exact) mass is 216 g/mol. The topological polar surface area (TPSA) is 32.3 Å². The van der Waals surface area contributed by atoms with Crippen LogP contribution in [0.1, 0.15) is 24.8 Å². The van der Waals surface area contributed by atoms with Gasteiger partial charge < -0.3 is 10.2 Å². The molecule has 1 amide bonds. The first kappa shape index (κ1) is 9.70. The molecule has 0 atom stereocenters. The summed E-state index contributed by atoms with van der Waals surface area (Å²) in [5.74, 6) is 0.275. The van der Waals surface area contributed by atoms with Gasteiger partial charge in [-0.15, -0.1) is 0 Å². The molecule has 2 heterocycles. The van der Waals surface area contributed by atoms with Gasteiger partial charge in [-0.1, -0.05) is 0 Å². The van der Waals surface area contributed by atoms with E-state index in [2.05, 4.69) is 23.5 Å². The summed E-state index contributed by atoms with van der Waals surface area (Å²) in [7, 11) is 0. The minimum atomic E-state index is 0.275. The van der Waals surface area contributed by atoms with E-state index in [-0.39, 0.29) is 5.91 Å². The second-order valence-corrected chi connectivity index (χ2v) is 4.52. The molecule has 2 aliphatic rings. The van der Waals surface area contributed by atoms with Crippen molar-refractivity contribution in [3.05, 3.63) is 23.8 Å². The second kappa shape index (κ2) is 3.81. The molecule has 0 aromatic heterocycles. The largest absolute Gasteiger partial charge is 0.384 e. The highest BCUT2D eigenvalue weighted by molar-refractivity contribution is 5.94. The van der Waals surface area contributed by atoms with Crippen molar-refractivity contribution >= 4 is 17.3 Å². The quantitative estimate of drug-likeness (QED) is 0.780. The standard InChI is InChI=1S/C13H16N2O/c16-13-3-1-2-8-15(13)11-4-5-12-10(9-11)6-7-14-12/h4-5,9,14H,1-3,6-8H2. The predicted octanol–water partition coefficient (Wildman–Crippen LogP) is 2.17. The lowest BCUT2D eigenvalue weighted by atomic mass is 10.1. The van der Waals surface area contributed by atoms with Crippen LogP contribution in [0.4, 0.5) is 11.4 Å². The lowest BCUT2D eigenvalue weighted by molar-refractivity contribution is -0.119. The van der Waals surface area contributed by atoms with E-state index in [1.54, 1.807) is 0 Å². The van der Waals surface area contributed by atoms with Crippen molar-refractivity contribution in [3.8, 4) is 0 Å². The molecule has 2 aliphatic heterocycles. The highest BCUT2D eigenvalue weighted by Gasteiger charge is 2.21. The number of rotatable bonds is 1. The van der Waals surface area contributed by atoms with Gasteiger partial charge >= 0.3 is 0 Å². The summed E-state index contributed by atoms with van der Waals surface area (Å²) in [5.41, 5.74) is 3.65. The van der Waals surface area contributed by atoms with Crippen LogP contribution in [0.15, 0.2) is 18.2 Å². The average Bonchev–Trinajstić information content (AvgIpc) is 2.76. The van der Waals surface area contributed by atoms with Gasteiger partial charge in [-0.05, 0) is 43.0 Å². The zero-order chi connectivity index (χ0) is 11.0. The Morgan fingerprint density at radius 1 is 1.19 bits per heavy atom. The van der Waals surface area contributed by atoms with E-state index < -0.39 is 0 Å². The van der Waals surface area contributed by atoms with Crippen LogP contribution in [-0.4, -0.2) is 19.0 Å². The minimum absolute atomic E-state index is 0.275. The molecule has 1 aromatic carbocycles. The normalized spacial score (nSPS) is 19.5. The molecule has 0 aliphatic carbocycles. The number of nitrogens with zero attached hydrogens (tertiary/aromatic N) is 1. The fourth-order valence-electron chi connectivity index (χ4n) is 2.54. The maximum atomic E-state index is 11.8. The van der Waals surface area contributed by atoms with Crippen LogP contribution in [0.5, 0.6) is 0 Å². The van der Waals surface area contributed by atoms with Gasteiger partial charge in [0.1, 0.15) is 0 Å². The maximum absolute atomic E-state index is 11.8. The first-order valence-electron chi connectivity index (χ1n) is 6.02. The number of carbonyl (C=O) groups excluding carboxylic acids is 1. The molecule has 1 fully saturated rings. The molecule has 0 radical (unpaired) electrons. The van der Waals surface area contributed by atoms with E-state index in [1.165, 1.54) is 11.3 Å². The van der Waals surface area contributed by atoms with Crippen LogP contribution < -0.4 is 10.2 Å². The third-order valence-electron chi connectivity index (χ3n) is 3.43. The summed E-state index contributed by atoms with van der Waals surface area (Å²) < 4.78 is 0. The summed E-state index contributed by atoms with van der Waals surface area (Å²) in [4.78, 5) is 13.7. The molecular weight excluding hydrogens is 200 g/mol. The Morgan fingerprint density at radius 2 is 2.12 bits per heavy atom. The third kappa shape index (κ3) is 1.56. The van der Waals surface area contributed by atoms with Gasteiger partial charge in [0, 0.05) is 30.9 Å². The third-order valence-corrected chi connectivity index (χ3v) is 3.43. The second-order valence-electron chi connectivity index (χ2n) is 4.52. The number of amides is 1. The fraction of sp³-hybridized carbons (Fsp3) is 0.462. The number of nitrogens with one attached hydrogen (secondary N) is 1. The van der Waals surface area contributed by atoms with Crippen LogP contribution in [-0.2, 0) is 11.2 Å². The Balaban J connectivity index is 1.91. The molecular formula is C13H16N2O.